The minimum atomic E-state index is 0.137. The first-order chi connectivity index (χ1) is 15.2. The van der Waals surface area contributed by atoms with Gasteiger partial charge in [0.25, 0.3) is 0 Å². The summed E-state index contributed by atoms with van der Waals surface area (Å²) in [7, 11) is 1.88. The Balaban J connectivity index is 1.28. The van der Waals surface area contributed by atoms with Crippen molar-refractivity contribution in [2.45, 2.75) is 19.4 Å². The highest BCUT2D eigenvalue weighted by atomic mass is 16.5. The van der Waals surface area contributed by atoms with Gasteiger partial charge in [0.1, 0.15) is 5.75 Å². The largest absolute Gasteiger partial charge is 0.493 e. The molecule has 0 atom stereocenters. The SMILES string of the molecule is CN(Cc1ccccc1N1CCOCC1)C(=O)CCCOc1cccc2ccccc12. The van der Waals surface area contributed by atoms with Gasteiger partial charge in [-0.3, -0.25) is 4.79 Å². The van der Waals surface area contributed by atoms with Crippen LogP contribution in [-0.4, -0.2) is 50.8 Å². The lowest BCUT2D eigenvalue weighted by molar-refractivity contribution is -0.130. The Hall–Kier alpha value is -3.05. The number of nitrogens with zero attached hydrogens (tertiary/aromatic N) is 2. The van der Waals surface area contributed by atoms with E-state index in [-0.39, 0.29) is 5.91 Å². The van der Waals surface area contributed by atoms with Crippen molar-refractivity contribution in [2.24, 2.45) is 0 Å². The highest BCUT2D eigenvalue weighted by molar-refractivity contribution is 5.88. The van der Waals surface area contributed by atoms with E-state index >= 15 is 0 Å². The standard InChI is InChI=1S/C26H30N2O3/c1-27(20-22-9-3-5-12-24(22)28-15-18-30-19-16-28)26(29)14-7-17-31-25-13-6-10-21-8-2-4-11-23(21)25/h2-6,8-13H,7,14-20H2,1H3. The van der Waals surface area contributed by atoms with Gasteiger partial charge in [0, 0.05) is 44.2 Å². The van der Waals surface area contributed by atoms with Crippen LogP contribution in [0.3, 0.4) is 0 Å². The first kappa shape index (κ1) is 21.2. The molecule has 3 aromatic carbocycles. The van der Waals surface area contributed by atoms with E-state index in [0.29, 0.717) is 26.0 Å². The molecule has 1 amide bonds. The molecule has 0 aromatic heterocycles. The van der Waals surface area contributed by atoms with E-state index in [0.717, 1.165) is 42.8 Å². The third-order valence-electron chi connectivity index (χ3n) is 5.72. The van der Waals surface area contributed by atoms with E-state index in [1.165, 1.54) is 11.3 Å². The van der Waals surface area contributed by atoms with Crippen LogP contribution in [0.1, 0.15) is 18.4 Å². The molecule has 1 aliphatic rings. The molecule has 0 bridgehead atoms. The van der Waals surface area contributed by atoms with E-state index in [1.807, 2.05) is 42.3 Å². The number of amides is 1. The molecule has 0 saturated carbocycles. The highest BCUT2D eigenvalue weighted by Gasteiger charge is 2.17. The molecule has 0 radical (unpaired) electrons. The fourth-order valence-corrected chi connectivity index (χ4v) is 4.02. The van der Waals surface area contributed by atoms with Crippen LogP contribution in [0.5, 0.6) is 5.75 Å². The number of rotatable bonds is 8. The molecule has 1 saturated heterocycles. The van der Waals surface area contributed by atoms with Gasteiger partial charge in [-0.2, -0.15) is 0 Å². The van der Waals surface area contributed by atoms with Crippen LogP contribution in [0.15, 0.2) is 66.7 Å². The van der Waals surface area contributed by atoms with Crippen LogP contribution < -0.4 is 9.64 Å². The zero-order valence-electron chi connectivity index (χ0n) is 18.1. The predicted molar refractivity (Wildman–Crippen MR) is 125 cm³/mol. The molecule has 5 heteroatoms. The number of carbonyl (C=O) groups is 1. The molecule has 4 rings (SSSR count). The summed E-state index contributed by atoms with van der Waals surface area (Å²) in [6.45, 7) is 4.41. The molecular weight excluding hydrogens is 388 g/mol. The summed E-state index contributed by atoms with van der Waals surface area (Å²) in [4.78, 5) is 16.9. The lowest BCUT2D eigenvalue weighted by atomic mass is 10.1. The topological polar surface area (TPSA) is 42.0 Å². The molecule has 31 heavy (non-hydrogen) atoms. The first-order valence-electron chi connectivity index (χ1n) is 11.0. The lowest BCUT2D eigenvalue weighted by Gasteiger charge is -2.31. The minimum Gasteiger partial charge on any atom is -0.493 e. The molecule has 162 valence electrons. The van der Waals surface area contributed by atoms with Gasteiger partial charge in [-0.25, -0.2) is 0 Å². The van der Waals surface area contributed by atoms with Crippen molar-refractivity contribution >= 4 is 22.4 Å². The second-order valence-electron chi connectivity index (χ2n) is 7.91. The highest BCUT2D eigenvalue weighted by Crippen LogP contribution is 2.25. The van der Waals surface area contributed by atoms with Crippen molar-refractivity contribution in [3.8, 4) is 5.75 Å². The maximum atomic E-state index is 12.7. The van der Waals surface area contributed by atoms with E-state index < -0.39 is 0 Å². The number of morpholine rings is 1. The molecular formula is C26H30N2O3. The van der Waals surface area contributed by atoms with Gasteiger partial charge in [0.15, 0.2) is 0 Å². The fraction of sp³-hybridized carbons (Fsp3) is 0.346. The van der Waals surface area contributed by atoms with Crippen LogP contribution in [0.25, 0.3) is 10.8 Å². The normalized spacial score (nSPS) is 13.9. The number of ether oxygens (including phenoxy) is 2. The van der Waals surface area contributed by atoms with Crippen LogP contribution in [0.2, 0.25) is 0 Å². The first-order valence-corrected chi connectivity index (χ1v) is 11.0. The number of para-hydroxylation sites is 1. The molecule has 1 heterocycles. The summed E-state index contributed by atoms with van der Waals surface area (Å²) in [5.74, 6) is 1.01. The number of hydrogen-bond acceptors (Lipinski definition) is 4. The molecule has 0 spiro atoms. The van der Waals surface area contributed by atoms with Crippen molar-refractivity contribution in [3.05, 3.63) is 72.3 Å². The number of anilines is 1. The third kappa shape index (κ3) is 5.36. The monoisotopic (exact) mass is 418 g/mol. The van der Waals surface area contributed by atoms with E-state index in [2.05, 4.69) is 41.3 Å². The van der Waals surface area contributed by atoms with Crippen LogP contribution in [0.4, 0.5) is 5.69 Å². The van der Waals surface area contributed by atoms with Crippen LogP contribution >= 0.6 is 0 Å². The van der Waals surface area contributed by atoms with Crippen molar-refractivity contribution in [3.63, 3.8) is 0 Å². The maximum absolute atomic E-state index is 12.7. The quantitative estimate of drug-likeness (QED) is 0.506. The Bertz CT molecular complexity index is 1010. The zero-order valence-corrected chi connectivity index (χ0v) is 18.1. The maximum Gasteiger partial charge on any atom is 0.222 e. The van der Waals surface area contributed by atoms with Gasteiger partial charge in [-0.05, 0) is 29.5 Å². The van der Waals surface area contributed by atoms with E-state index in [1.54, 1.807) is 0 Å². The molecule has 5 nitrogen and oxygen atoms in total. The minimum absolute atomic E-state index is 0.137. The summed E-state index contributed by atoms with van der Waals surface area (Å²) in [5.41, 5.74) is 2.37. The summed E-state index contributed by atoms with van der Waals surface area (Å²) in [5, 5.41) is 2.27. The zero-order chi connectivity index (χ0) is 21.5. The second-order valence-corrected chi connectivity index (χ2v) is 7.91. The van der Waals surface area contributed by atoms with Crippen LogP contribution in [0, 0.1) is 0 Å². The molecule has 3 aromatic rings. The van der Waals surface area contributed by atoms with E-state index in [4.69, 9.17) is 9.47 Å². The Morgan fingerprint density at radius 2 is 1.74 bits per heavy atom. The lowest BCUT2D eigenvalue weighted by Crippen LogP contribution is -2.37. The molecule has 0 N–H and O–H groups in total. The van der Waals surface area contributed by atoms with Gasteiger partial charge >= 0.3 is 0 Å². The molecule has 1 fully saturated rings. The third-order valence-corrected chi connectivity index (χ3v) is 5.72. The average molecular weight is 419 g/mol. The fourth-order valence-electron chi connectivity index (χ4n) is 4.02. The number of benzene rings is 3. The van der Waals surface area contributed by atoms with Gasteiger partial charge < -0.3 is 19.3 Å². The molecule has 1 aliphatic heterocycles. The van der Waals surface area contributed by atoms with Gasteiger partial charge in [0.05, 0.1) is 19.8 Å². The van der Waals surface area contributed by atoms with Gasteiger partial charge in [0.2, 0.25) is 5.91 Å². The second kappa shape index (κ2) is 10.3. The predicted octanol–water partition coefficient (Wildman–Crippen LogP) is 4.49. The smallest absolute Gasteiger partial charge is 0.222 e. The van der Waals surface area contributed by atoms with Crippen molar-refractivity contribution in [1.29, 1.82) is 0 Å². The Morgan fingerprint density at radius 3 is 2.61 bits per heavy atom. The van der Waals surface area contributed by atoms with Crippen molar-refractivity contribution in [1.82, 2.24) is 4.90 Å². The number of carbonyl (C=O) groups excluding carboxylic acids is 1. The Kier molecular flexibility index (Phi) is 7.05. The van der Waals surface area contributed by atoms with Crippen molar-refractivity contribution < 1.29 is 14.3 Å². The Morgan fingerprint density at radius 1 is 1.00 bits per heavy atom. The Labute approximate surface area is 184 Å². The molecule has 0 aliphatic carbocycles. The summed E-state index contributed by atoms with van der Waals surface area (Å²) in [6, 6.07) is 22.6. The number of hydrogen-bond donors (Lipinski definition) is 0. The summed E-state index contributed by atoms with van der Waals surface area (Å²) in [6.07, 6.45) is 1.17. The average Bonchev–Trinajstić information content (AvgIpc) is 2.82. The summed E-state index contributed by atoms with van der Waals surface area (Å²) < 4.78 is 11.4. The summed E-state index contributed by atoms with van der Waals surface area (Å²) >= 11 is 0. The van der Waals surface area contributed by atoms with Crippen LogP contribution in [-0.2, 0) is 16.1 Å². The van der Waals surface area contributed by atoms with Gasteiger partial charge in [-0.15, -0.1) is 0 Å². The van der Waals surface area contributed by atoms with Crippen molar-refractivity contribution in [2.75, 3.05) is 44.9 Å². The molecule has 0 unspecified atom stereocenters. The van der Waals surface area contributed by atoms with Gasteiger partial charge in [-0.1, -0.05) is 54.6 Å². The number of fused-ring (bicyclic) bond motifs is 1. The van der Waals surface area contributed by atoms with E-state index in [9.17, 15) is 4.79 Å².